The summed E-state index contributed by atoms with van der Waals surface area (Å²) in [7, 11) is 0. The standard InChI is InChI=1S/C14H14ClIN2O/c1-3-7-19-11-6-4-5-10(8-11)14-17-9(2)12(16)13(15)18-14/h4-6,8H,3,7H2,1-2H3. The molecule has 100 valence electrons. The molecule has 1 heterocycles. The Hall–Kier alpha value is -0.880. The quantitative estimate of drug-likeness (QED) is 0.571. The molecule has 0 bridgehead atoms. The Labute approximate surface area is 131 Å². The molecule has 0 aliphatic rings. The topological polar surface area (TPSA) is 35.0 Å². The summed E-state index contributed by atoms with van der Waals surface area (Å²) in [6.07, 6.45) is 0.981. The van der Waals surface area contributed by atoms with Crippen LogP contribution in [0, 0.1) is 10.5 Å². The van der Waals surface area contributed by atoms with Crippen LogP contribution < -0.4 is 4.74 Å². The summed E-state index contributed by atoms with van der Waals surface area (Å²) < 4.78 is 6.50. The lowest BCUT2D eigenvalue weighted by atomic mass is 10.2. The first-order valence-electron chi connectivity index (χ1n) is 6.04. The van der Waals surface area contributed by atoms with Crippen molar-refractivity contribution in [2.24, 2.45) is 0 Å². The molecule has 0 radical (unpaired) electrons. The molecule has 0 saturated carbocycles. The van der Waals surface area contributed by atoms with Crippen LogP contribution in [0.2, 0.25) is 5.15 Å². The number of halogens is 2. The third kappa shape index (κ3) is 3.57. The van der Waals surface area contributed by atoms with Gasteiger partial charge in [0, 0.05) is 5.56 Å². The Bertz CT molecular complexity index is 566. The highest BCUT2D eigenvalue weighted by Gasteiger charge is 2.09. The molecule has 1 aromatic carbocycles. The molecule has 1 aromatic heterocycles. The van der Waals surface area contributed by atoms with Crippen molar-refractivity contribution in [3.8, 4) is 17.1 Å². The molecule has 5 heteroatoms. The van der Waals surface area contributed by atoms with E-state index in [0.29, 0.717) is 17.6 Å². The van der Waals surface area contributed by atoms with Crippen molar-refractivity contribution in [3.05, 3.63) is 38.7 Å². The Morgan fingerprint density at radius 3 is 2.79 bits per heavy atom. The number of benzene rings is 1. The highest BCUT2D eigenvalue weighted by Crippen LogP contribution is 2.25. The van der Waals surface area contributed by atoms with Crippen LogP contribution >= 0.6 is 34.2 Å². The molecule has 2 aromatic rings. The van der Waals surface area contributed by atoms with Crippen LogP contribution in [-0.2, 0) is 0 Å². The lowest BCUT2D eigenvalue weighted by Gasteiger charge is -2.08. The van der Waals surface area contributed by atoms with E-state index in [-0.39, 0.29) is 0 Å². The molecule has 0 atom stereocenters. The normalized spacial score (nSPS) is 10.5. The predicted octanol–water partition coefficient (Wildman–Crippen LogP) is 4.50. The number of rotatable bonds is 4. The van der Waals surface area contributed by atoms with Crippen molar-refractivity contribution in [1.82, 2.24) is 9.97 Å². The third-order valence-electron chi connectivity index (χ3n) is 2.54. The number of aromatic nitrogens is 2. The SMILES string of the molecule is CCCOc1cccc(-c2nc(C)c(I)c(Cl)n2)c1. The summed E-state index contributed by atoms with van der Waals surface area (Å²) in [6.45, 7) is 4.71. The third-order valence-corrected chi connectivity index (χ3v) is 4.43. The van der Waals surface area contributed by atoms with Crippen LogP contribution in [0.15, 0.2) is 24.3 Å². The second-order valence-corrected chi connectivity index (χ2v) is 5.55. The van der Waals surface area contributed by atoms with E-state index in [0.717, 1.165) is 27.0 Å². The molecule has 19 heavy (non-hydrogen) atoms. The van der Waals surface area contributed by atoms with Crippen molar-refractivity contribution in [3.63, 3.8) is 0 Å². The van der Waals surface area contributed by atoms with E-state index in [4.69, 9.17) is 16.3 Å². The number of hydrogen-bond acceptors (Lipinski definition) is 3. The number of nitrogens with zero attached hydrogens (tertiary/aromatic N) is 2. The number of hydrogen-bond donors (Lipinski definition) is 0. The van der Waals surface area contributed by atoms with Crippen molar-refractivity contribution >= 4 is 34.2 Å². The lowest BCUT2D eigenvalue weighted by molar-refractivity contribution is 0.317. The molecule has 0 aliphatic carbocycles. The molecule has 0 aliphatic heterocycles. The van der Waals surface area contributed by atoms with Crippen LogP contribution in [0.3, 0.4) is 0 Å². The molecule has 0 amide bonds. The van der Waals surface area contributed by atoms with Crippen molar-refractivity contribution in [2.45, 2.75) is 20.3 Å². The molecule has 2 rings (SSSR count). The fraction of sp³-hybridized carbons (Fsp3) is 0.286. The van der Waals surface area contributed by atoms with Gasteiger partial charge in [-0.05, 0) is 48.1 Å². The average molecular weight is 389 g/mol. The van der Waals surface area contributed by atoms with Gasteiger partial charge in [0.2, 0.25) is 0 Å². The molecular formula is C14H14ClIN2O. The van der Waals surface area contributed by atoms with E-state index in [1.165, 1.54) is 0 Å². The first kappa shape index (κ1) is 14.5. The number of aryl methyl sites for hydroxylation is 1. The lowest BCUT2D eigenvalue weighted by Crippen LogP contribution is -1.98. The monoisotopic (exact) mass is 388 g/mol. The van der Waals surface area contributed by atoms with Gasteiger partial charge in [-0.25, -0.2) is 9.97 Å². The van der Waals surface area contributed by atoms with E-state index in [1.807, 2.05) is 31.2 Å². The van der Waals surface area contributed by atoms with E-state index < -0.39 is 0 Å². The van der Waals surface area contributed by atoms with Crippen LogP contribution in [0.4, 0.5) is 0 Å². The van der Waals surface area contributed by atoms with Crippen LogP contribution in [0.5, 0.6) is 5.75 Å². The molecule has 0 unspecified atom stereocenters. The Morgan fingerprint density at radius 2 is 2.11 bits per heavy atom. The van der Waals surface area contributed by atoms with Crippen LogP contribution in [-0.4, -0.2) is 16.6 Å². The van der Waals surface area contributed by atoms with Crippen LogP contribution in [0.25, 0.3) is 11.4 Å². The minimum absolute atomic E-state index is 0.489. The van der Waals surface area contributed by atoms with E-state index >= 15 is 0 Å². The second kappa shape index (κ2) is 6.52. The van der Waals surface area contributed by atoms with Gasteiger partial charge in [-0.2, -0.15) is 0 Å². The summed E-state index contributed by atoms with van der Waals surface area (Å²) in [6, 6.07) is 7.76. The molecular weight excluding hydrogens is 375 g/mol. The van der Waals surface area contributed by atoms with Crippen molar-refractivity contribution in [1.29, 1.82) is 0 Å². The minimum Gasteiger partial charge on any atom is -0.494 e. The van der Waals surface area contributed by atoms with Gasteiger partial charge in [0.05, 0.1) is 15.9 Å². The first-order chi connectivity index (χ1) is 9.11. The van der Waals surface area contributed by atoms with Gasteiger partial charge in [-0.1, -0.05) is 30.7 Å². The van der Waals surface area contributed by atoms with Gasteiger partial charge in [0.15, 0.2) is 5.82 Å². The number of ether oxygens (including phenoxy) is 1. The summed E-state index contributed by atoms with van der Waals surface area (Å²) in [5.74, 6) is 1.46. The van der Waals surface area contributed by atoms with E-state index in [9.17, 15) is 0 Å². The molecule has 0 saturated heterocycles. The maximum atomic E-state index is 6.10. The maximum absolute atomic E-state index is 6.10. The highest BCUT2D eigenvalue weighted by atomic mass is 127. The van der Waals surface area contributed by atoms with E-state index in [1.54, 1.807) is 0 Å². The fourth-order valence-electron chi connectivity index (χ4n) is 1.60. The molecule has 0 spiro atoms. The zero-order valence-corrected chi connectivity index (χ0v) is 13.7. The average Bonchev–Trinajstić information content (AvgIpc) is 2.42. The molecule has 3 nitrogen and oxygen atoms in total. The summed E-state index contributed by atoms with van der Waals surface area (Å²) >= 11 is 8.25. The van der Waals surface area contributed by atoms with Gasteiger partial charge in [-0.3, -0.25) is 0 Å². The zero-order chi connectivity index (χ0) is 13.8. The van der Waals surface area contributed by atoms with Gasteiger partial charge in [0.1, 0.15) is 10.9 Å². The van der Waals surface area contributed by atoms with Crippen molar-refractivity contribution in [2.75, 3.05) is 6.61 Å². The first-order valence-corrected chi connectivity index (χ1v) is 7.50. The minimum atomic E-state index is 0.489. The van der Waals surface area contributed by atoms with Gasteiger partial charge in [-0.15, -0.1) is 0 Å². The Balaban J connectivity index is 2.36. The fourth-order valence-corrected chi connectivity index (χ4v) is 2.06. The maximum Gasteiger partial charge on any atom is 0.161 e. The van der Waals surface area contributed by atoms with Gasteiger partial charge >= 0.3 is 0 Å². The highest BCUT2D eigenvalue weighted by molar-refractivity contribution is 14.1. The van der Waals surface area contributed by atoms with Gasteiger partial charge in [0.25, 0.3) is 0 Å². The summed E-state index contributed by atoms with van der Waals surface area (Å²) in [4.78, 5) is 8.78. The van der Waals surface area contributed by atoms with E-state index in [2.05, 4.69) is 39.5 Å². The largest absolute Gasteiger partial charge is 0.494 e. The zero-order valence-electron chi connectivity index (χ0n) is 10.8. The second-order valence-electron chi connectivity index (χ2n) is 4.11. The molecule has 0 fully saturated rings. The Kier molecular flexibility index (Phi) is 4.99. The summed E-state index contributed by atoms with van der Waals surface area (Å²) in [5.41, 5.74) is 1.80. The summed E-state index contributed by atoms with van der Waals surface area (Å²) in [5, 5.41) is 0.489. The predicted molar refractivity (Wildman–Crippen MR) is 85.7 cm³/mol. The Morgan fingerprint density at radius 1 is 1.32 bits per heavy atom. The smallest absolute Gasteiger partial charge is 0.161 e. The molecule has 0 N–H and O–H groups in total. The van der Waals surface area contributed by atoms with Crippen molar-refractivity contribution < 1.29 is 4.74 Å². The van der Waals surface area contributed by atoms with Crippen LogP contribution in [0.1, 0.15) is 19.0 Å². The van der Waals surface area contributed by atoms with Gasteiger partial charge < -0.3 is 4.74 Å².